The van der Waals surface area contributed by atoms with Crippen molar-refractivity contribution in [1.82, 2.24) is 5.43 Å². The fraction of sp³-hybridized carbons (Fsp3) is 0.143. The summed E-state index contributed by atoms with van der Waals surface area (Å²) in [5, 5.41) is 0. The molecule has 2 rings (SSSR count). The first-order valence-electron chi connectivity index (χ1n) is 5.70. The van der Waals surface area contributed by atoms with Crippen molar-refractivity contribution in [3.05, 3.63) is 67.9 Å². The second kappa shape index (κ2) is 6.13. The van der Waals surface area contributed by atoms with Crippen LogP contribution in [0, 0.1) is 12.7 Å². The van der Waals surface area contributed by atoms with E-state index in [-0.39, 0.29) is 5.82 Å². The van der Waals surface area contributed by atoms with Crippen LogP contribution in [0.2, 0.25) is 0 Å². The number of aryl methyl sites for hydroxylation is 1. The smallest absolute Gasteiger partial charge is 0.128 e. The number of nitrogens with one attached hydrogen (secondary N) is 1. The molecule has 5 heteroatoms. The maximum Gasteiger partial charge on any atom is 0.128 e. The van der Waals surface area contributed by atoms with Crippen molar-refractivity contribution in [3.8, 4) is 0 Å². The summed E-state index contributed by atoms with van der Waals surface area (Å²) < 4.78 is 15.8. The lowest BCUT2D eigenvalue weighted by Gasteiger charge is -2.19. The normalized spacial score (nSPS) is 12.5. The Morgan fingerprint density at radius 3 is 2.47 bits per heavy atom. The Morgan fingerprint density at radius 2 is 1.84 bits per heavy atom. The number of hydrogen-bond donors (Lipinski definition) is 2. The van der Waals surface area contributed by atoms with Crippen LogP contribution in [0.15, 0.2) is 45.3 Å². The summed E-state index contributed by atoms with van der Waals surface area (Å²) in [6.45, 7) is 1.92. The molecule has 19 heavy (non-hydrogen) atoms. The van der Waals surface area contributed by atoms with Crippen LogP contribution in [0.4, 0.5) is 4.39 Å². The van der Waals surface area contributed by atoms with Crippen molar-refractivity contribution >= 4 is 31.9 Å². The number of hydrazine groups is 1. The van der Waals surface area contributed by atoms with Crippen LogP contribution in [-0.4, -0.2) is 0 Å². The van der Waals surface area contributed by atoms with Crippen molar-refractivity contribution in [1.29, 1.82) is 0 Å². The maximum atomic E-state index is 14.0. The van der Waals surface area contributed by atoms with E-state index < -0.39 is 6.04 Å². The van der Waals surface area contributed by atoms with E-state index in [0.29, 0.717) is 5.56 Å². The first kappa shape index (κ1) is 14.7. The number of nitrogens with two attached hydrogens (primary N) is 1. The minimum absolute atomic E-state index is 0.275. The van der Waals surface area contributed by atoms with Gasteiger partial charge < -0.3 is 0 Å². The lowest BCUT2D eigenvalue weighted by atomic mass is 9.97. The van der Waals surface area contributed by atoms with Gasteiger partial charge in [0.25, 0.3) is 0 Å². The van der Waals surface area contributed by atoms with Crippen LogP contribution >= 0.6 is 31.9 Å². The second-order valence-corrected chi connectivity index (χ2v) is 6.06. The molecule has 0 heterocycles. The summed E-state index contributed by atoms with van der Waals surface area (Å²) >= 11 is 6.87. The molecule has 2 nitrogen and oxygen atoms in total. The Balaban J connectivity index is 2.52. The van der Waals surface area contributed by atoms with Gasteiger partial charge in [-0.3, -0.25) is 5.84 Å². The summed E-state index contributed by atoms with van der Waals surface area (Å²) in [6.07, 6.45) is 0. The van der Waals surface area contributed by atoms with Gasteiger partial charge in [0.2, 0.25) is 0 Å². The van der Waals surface area contributed by atoms with Crippen molar-refractivity contribution < 1.29 is 4.39 Å². The predicted molar refractivity (Wildman–Crippen MR) is 82.1 cm³/mol. The van der Waals surface area contributed by atoms with Crippen molar-refractivity contribution in [2.24, 2.45) is 5.84 Å². The molecular weight excluding hydrogens is 375 g/mol. The highest BCUT2D eigenvalue weighted by atomic mass is 79.9. The summed E-state index contributed by atoms with van der Waals surface area (Å²) in [5.74, 6) is 5.34. The van der Waals surface area contributed by atoms with E-state index in [4.69, 9.17) is 5.84 Å². The zero-order valence-electron chi connectivity index (χ0n) is 10.3. The van der Waals surface area contributed by atoms with Gasteiger partial charge >= 0.3 is 0 Å². The quantitative estimate of drug-likeness (QED) is 0.611. The van der Waals surface area contributed by atoms with Crippen LogP contribution in [-0.2, 0) is 0 Å². The minimum atomic E-state index is -0.401. The molecule has 3 N–H and O–H groups in total. The van der Waals surface area contributed by atoms with Gasteiger partial charge in [0.15, 0.2) is 0 Å². The van der Waals surface area contributed by atoms with Crippen molar-refractivity contribution in [2.45, 2.75) is 13.0 Å². The Bertz CT molecular complexity index is 602. The zero-order chi connectivity index (χ0) is 14.0. The molecule has 0 spiro atoms. The standard InChI is InChI=1S/C14H13Br2FN2/c1-8-2-5-13(17)11(6-8)14(19-18)10-4-3-9(15)7-12(10)16/h2-7,14,19H,18H2,1H3. The van der Waals surface area contributed by atoms with E-state index in [9.17, 15) is 4.39 Å². The highest BCUT2D eigenvalue weighted by Crippen LogP contribution is 2.31. The largest absolute Gasteiger partial charge is 0.271 e. The average Bonchev–Trinajstić information content (AvgIpc) is 2.36. The molecular formula is C14H13Br2FN2. The Kier molecular flexibility index (Phi) is 4.73. The third kappa shape index (κ3) is 3.23. The topological polar surface area (TPSA) is 38.0 Å². The molecule has 0 aliphatic rings. The Morgan fingerprint density at radius 1 is 1.11 bits per heavy atom. The third-order valence-electron chi connectivity index (χ3n) is 2.90. The van der Waals surface area contributed by atoms with Crippen LogP contribution in [0.25, 0.3) is 0 Å². The number of halogens is 3. The molecule has 1 unspecified atom stereocenters. The van der Waals surface area contributed by atoms with Gasteiger partial charge in [-0.25, -0.2) is 9.82 Å². The Hall–Kier alpha value is -0.750. The minimum Gasteiger partial charge on any atom is -0.271 e. The van der Waals surface area contributed by atoms with Crippen LogP contribution in [0.1, 0.15) is 22.7 Å². The van der Waals surface area contributed by atoms with Crippen LogP contribution in [0.5, 0.6) is 0 Å². The number of hydrogen-bond acceptors (Lipinski definition) is 2. The first-order chi connectivity index (χ1) is 9.02. The van der Waals surface area contributed by atoms with E-state index in [1.165, 1.54) is 6.07 Å². The SMILES string of the molecule is Cc1ccc(F)c(C(NN)c2ccc(Br)cc2Br)c1. The van der Waals surface area contributed by atoms with Gasteiger partial charge in [0, 0.05) is 14.5 Å². The summed E-state index contributed by atoms with van der Waals surface area (Å²) in [5.41, 5.74) is 5.09. The molecule has 0 bridgehead atoms. The van der Waals surface area contributed by atoms with Gasteiger partial charge in [-0.2, -0.15) is 0 Å². The van der Waals surface area contributed by atoms with Crippen molar-refractivity contribution in [3.63, 3.8) is 0 Å². The molecule has 0 saturated carbocycles. The summed E-state index contributed by atoms with van der Waals surface area (Å²) in [6, 6.07) is 10.3. The fourth-order valence-electron chi connectivity index (χ4n) is 1.97. The highest BCUT2D eigenvalue weighted by Gasteiger charge is 2.19. The molecule has 0 aliphatic heterocycles. The molecule has 2 aromatic rings. The molecule has 1 atom stereocenters. The second-order valence-electron chi connectivity index (χ2n) is 4.29. The van der Waals surface area contributed by atoms with E-state index in [1.807, 2.05) is 25.1 Å². The van der Waals surface area contributed by atoms with E-state index in [0.717, 1.165) is 20.1 Å². The lowest BCUT2D eigenvalue weighted by Crippen LogP contribution is -2.29. The average molecular weight is 388 g/mol. The van der Waals surface area contributed by atoms with Gasteiger partial charge in [-0.15, -0.1) is 0 Å². The molecule has 0 radical (unpaired) electrons. The number of rotatable bonds is 3. The van der Waals surface area contributed by atoms with Gasteiger partial charge in [-0.1, -0.05) is 55.6 Å². The maximum absolute atomic E-state index is 14.0. The molecule has 0 fully saturated rings. The number of benzene rings is 2. The summed E-state index contributed by atoms with van der Waals surface area (Å²) in [7, 11) is 0. The van der Waals surface area contributed by atoms with E-state index in [1.54, 1.807) is 12.1 Å². The molecule has 0 aliphatic carbocycles. The monoisotopic (exact) mass is 386 g/mol. The predicted octanol–water partition coefficient (Wildman–Crippen LogP) is 4.21. The molecule has 2 aromatic carbocycles. The zero-order valence-corrected chi connectivity index (χ0v) is 13.4. The van der Waals surface area contributed by atoms with Crippen molar-refractivity contribution in [2.75, 3.05) is 0 Å². The Labute approximate surface area is 128 Å². The summed E-state index contributed by atoms with van der Waals surface area (Å²) in [4.78, 5) is 0. The molecule has 0 amide bonds. The van der Waals surface area contributed by atoms with E-state index in [2.05, 4.69) is 37.3 Å². The first-order valence-corrected chi connectivity index (χ1v) is 7.28. The van der Waals surface area contributed by atoms with Crippen LogP contribution in [0.3, 0.4) is 0 Å². The molecule has 100 valence electrons. The molecule has 0 aromatic heterocycles. The lowest BCUT2D eigenvalue weighted by molar-refractivity contribution is 0.558. The van der Waals surface area contributed by atoms with Gasteiger partial charge in [-0.05, 0) is 30.7 Å². The highest BCUT2D eigenvalue weighted by molar-refractivity contribution is 9.11. The molecule has 0 saturated heterocycles. The van der Waals surface area contributed by atoms with E-state index >= 15 is 0 Å². The fourth-order valence-corrected chi connectivity index (χ4v) is 3.24. The van der Waals surface area contributed by atoms with Gasteiger partial charge in [0.05, 0.1) is 6.04 Å². The van der Waals surface area contributed by atoms with Crippen LogP contribution < -0.4 is 11.3 Å². The van der Waals surface area contributed by atoms with Gasteiger partial charge in [0.1, 0.15) is 5.82 Å². The third-order valence-corrected chi connectivity index (χ3v) is 4.08.